The molecule has 3 aliphatic carbocycles. The lowest BCUT2D eigenvalue weighted by atomic mass is 9.84. The predicted molar refractivity (Wildman–Crippen MR) is 135 cm³/mol. The van der Waals surface area contributed by atoms with E-state index in [1.807, 2.05) is 0 Å². The number of amides is 2. The number of carbonyl (C=O) groups excluding carboxylic acids is 3. The molecule has 0 aromatic heterocycles. The Kier molecular flexibility index (Phi) is 8.34. The molecule has 4 aliphatic rings. The zero-order valence-corrected chi connectivity index (χ0v) is 21.5. The Bertz CT molecular complexity index is 967. The normalized spacial score (nSPS) is 26.1. The van der Waals surface area contributed by atoms with Crippen molar-refractivity contribution in [1.82, 2.24) is 10.2 Å². The van der Waals surface area contributed by atoms with E-state index in [9.17, 15) is 14.4 Å². The standard InChI is InChI=1S/C28H38N2O6/c1-28(2,3)36-25(31)17-24(26(32)30-13-15-34-16-14-30)29-27(33)35-18-23-21-10-6-4-5-9-19(21)20-11-7-8-12-22(20)23/h4-7,10-11,19,21,23-24H,8-9,12-18H2,1-3H3,(H,29,33)/t19?,21?,23?,24-/m0/s1. The van der Waals surface area contributed by atoms with Crippen LogP contribution < -0.4 is 5.32 Å². The average molecular weight is 499 g/mol. The molecule has 0 bridgehead atoms. The number of rotatable bonds is 6. The minimum absolute atomic E-state index is 0.108. The van der Waals surface area contributed by atoms with E-state index in [2.05, 4.69) is 41.8 Å². The van der Waals surface area contributed by atoms with Gasteiger partial charge in [0.2, 0.25) is 5.91 Å². The molecule has 8 nitrogen and oxygen atoms in total. The first-order chi connectivity index (χ1) is 17.2. The van der Waals surface area contributed by atoms with E-state index in [1.54, 1.807) is 25.7 Å². The van der Waals surface area contributed by atoms with Crippen LogP contribution in [0.25, 0.3) is 0 Å². The molecule has 0 radical (unpaired) electrons. The van der Waals surface area contributed by atoms with Gasteiger partial charge in [-0.1, -0.05) is 42.0 Å². The first kappa shape index (κ1) is 26.2. The van der Waals surface area contributed by atoms with Crippen molar-refractivity contribution >= 4 is 18.0 Å². The number of fused-ring (bicyclic) bond motifs is 2. The van der Waals surface area contributed by atoms with E-state index in [-0.39, 0.29) is 30.8 Å². The third-order valence-corrected chi connectivity index (χ3v) is 7.09. The highest BCUT2D eigenvalue weighted by Gasteiger charge is 2.41. The number of carbonyl (C=O) groups is 3. The van der Waals surface area contributed by atoms with E-state index in [0.717, 1.165) is 19.3 Å². The van der Waals surface area contributed by atoms with Gasteiger partial charge in [0.1, 0.15) is 18.2 Å². The lowest BCUT2D eigenvalue weighted by Gasteiger charge is -2.31. The molecule has 1 saturated heterocycles. The number of nitrogens with zero attached hydrogens (tertiary/aromatic N) is 1. The molecule has 0 aromatic rings. The number of allylic oxidation sites excluding steroid dienone is 7. The second-order valence-corrected chi connectivity index (χ2v) is 10.8. The van der Waals surface area contributed by atoms with Gasteiger partial charge in [0.05, 0.1) is 19.6 Å². The van der Waals surface area contributed by atoms with Crippen molar-refractivity contribution in [3.63, 3.8) is 0 Å². The van der Waals surface area contributed by atoms with Gasteiger partial charge in [0.15, 0.2) is 0 Å². The van der Waals surface area contributed by atoms with Crippen molar-refractivity contribution in [2.24, 2.45) is 17.8 Å². The molecular weight excluding hydrogens is 460 g/mol. The summed E-state index contributed by atoms with van der Waals surface area (Å²) in [5.41, 5.74) is 2.06. The van der Waals surface area contributed by atoms with Gasteiger partial charge in [-0.15, -0.1) is 0 Å². The summed E-state index contributed by atoms with van der Waals surface area (Å²) in [6.07, 6.45) is 15.0. The Balaban J connectivity index is 1.41. The number of hydrogen-bond acceptors (Lipinski definition) is 6. The van der Waals surface area contributed by atoms with Crippen molar-refractivity contribution in [1.29, 1.82) is 0 Å². The van der Waals surface area contributed by atoms with Crippen molar-refractivity contribution < 1.29 is 28.6 Å². The number of morpholine rings is 1. The van der Waals surface area contributed by atoms with Crippen LogP contribution in [-0.2, 0) is 23.8 Å². The van der Waals surface area contributed by atoms with Crippen LogP contribution in [0.2, 0.25) is 0 Å². The molecule has 3 unspecified atom stereocenters. The maximum Gasteiger partial charge on any atom is 0.407 e. The molecule has 4 atom stereocenters. The maximum absolute atomic E-state index is 13.2. The zero-order valence-electron chi connectivity index (χ0n) is 21.5. The molecular formula is C28H38N2O6. The highest BCUT2D eigenvalue weighted by molar-refractivity contribution is 5.89. The molecule has 1 fully saturated rings. The summed E-state index contributed by atoms with van der Waals surface area (Å²) >= 11 is 0. The van der Waals surface area contributed by atoms with Crippen LogP contribution in [0.15, 0.2) is 47.6 Å². The van der Waals surface area contributed by atoms with Crippen LogP contribution in [0.1, 0.15) is 46.5 Å². The highest BCUT2D eigenvalue weighted by atomic mass is 16.6. The summed E-state index contributed by atoms with van der Waals surface area (Å²) in [6.45, 7) is 7.20. The molecule has 0 spiro atoms. The summed E-state index contributed by atoms with van der Waals surface area (Å²) in [5, 5.41) is 2.66. The summed E-state index contributed by atoms with van der Waals surface area (Å²) in [7, 11) is 0. The number of nitrogens with one attached hydrogen (secondary N) is 1. The molecule has 2 amide bonds. The molecule has 1 aliphatic heterocycles. The second-order valence-electron chi connectivity index (χ2n) is 10.8. The van der Waals surface area contributed by atoms with Crippen LogP contribution in [-0.4, -0.2) is 67.4 Å². The second kappa shape index (κ2) is 11.5. The van der Waals surface area contributed by atoms with Crippen LogP contribution >= 0.6 is 0 Å². The van der Waals surface area contributed by atoms with Gasteiger partial charge in [-0.25, -0.2) is 4.79 Å². The Morgan fingerprint density at radius 2 is 1.94 bits per heavy atom. The van der Waals surface area contributed by atoms with E-state index < -0.39 is 23.7 Å². The SMILES string of the molecule is CC(C)(C)OC(=O)C[C@H](NC(=O)OCC1C2=C(C=CCC2)C2CC=CC=CC21)C(=O)N1CCOCC1. The molecule has 0 aromatic carbocycles. The topological polar surface area (TPSA) is 94.2 Å². The number of alkyl carbamates (subject to hydrolysis) is 1. The lowest BCUT2D eigenvalue weighted by molar-refractivity contribution is -0.157. The third kappa shape index (κ3) is 6.46. The van der Waals surface area contributed by atoms with Gasteiger partial charge in [-0.2, -0.15) is 0 Å². The quantitative estimate of drug-likeness (QED) is 0.562. The Labute approximate surface area is 213 Å². The summed E-state index contributed by atoms with van der Waals surface area (Å²) < 4.78 is 16.4. The molecule has 1 heterocycles. The van der Waals surface area contributed by atoms with E-state index >= 15 is 0 Å². The Morgan fingerprint density at radius 1 is 1.17 bits per heavy atom. The van der Waals surface area contributed by atoms with Crippen LogP contribution in [0, 0.1) is 17.8 Å². The third-order valence-electron chi connectivity index (χ3n) is 7.09. The monoisotopic (exact) mass is 498 g/mol. The number of ether oxygens (including phenoxy) is 3. The first-order valence-corrected chi connectivity index (χ1v) is 13.0. The molecule has 0 saturated carbocycles. The minimum atomic E-state index is -1.06. The van der Waals surface area contributed by atoms with Gasteiger partial charge in [0, 0.05) is 19.0 Å². The smallest absolute Gasteiger partial charge is 0.407 e. The van der Waals surface area contributed by atoms with Gasteiger partial charge in [-0.3, -0.25) is 9.59 Å². The number of hydrogen-bond donors (Lipinski definition) is 1. The molecule has 36 heavy (non-hydrogen) atoms. The molecule has 8 heteroatoms. The van der Waals surface area contributed by atoms with Crippen molar-refractivity contribution in [3.8, 4) is 0 Å². The molecule has 1 N–H and O–H groups in total. The van der Waals surface area contributed by atoms with Crippen molar-refractivity contribution in [2.75, 3.05) is 32.9 Å². The Morgan fingerprint density at radius 3 is 2.69 bits per heavy atom. The number of esters is 1. The Hall–Kier alpha value is -2.87. The van der Waals surface area contributed by atoms with Gasteiger partial charge in [0.25, 0.3) is 0 Å². The summed E-state index contributed by atoms with van der Waals surface area (Å²) in [5.74, 6) is -0.106. The maximum atomic E-state index is 13.2. The van der Waals surface area contributed by atoms with E-state index in [4.69, 9.17) is 14.2 Å². The van der Waals surface area contributed by atoms with Crippen LogP contribution in [0.5, 0.6) is 0 Å². The zero-order chi connectivity index (χ0) is 25.7. The fraction of sp³-hybridized carbons (Fsp3) is 0.607. The van der Waals surface area contributed by atoms with Gasteiger partial charge >= 0.3 is 12.1 Å². The van der Waals surface area contributed by atoms with E-state index in [0.29, 0.717) is 32.2 Å². The van der Waals surface area contributed by atoms with Gasteiger partial charge in [-0.05, 0) is 57.4 Å². The van der Waals surface area contributed by atoms with Crippen molar-refractivity contribution in [3.05, 3.63) is 47.6 Å². The lowest BCUT2D eigenvalue weighted by Crippen LogP contribution is -2.53. The fourth-order valence-electron chi connectivity index (χ4n) is 5.55. The van der Waals surface area contributed by atoms with E-state index in [1.165, 1.54) is 11.1 Å². The average Bonchev–Trinajstić information content (AvgIpc) is 2.96. The van der Waals surface area contributed by atoms with Crippen LogP contribution in [0.3, 0.4) is 0 Å². The summed E-state index contributed by atoms with van der Waals surface area (Å²) in [6, 6.07) is -1.06. The first-order valence-electron chi connectivity index (χ1n) is 13.0. The van der Waals surface area contributed by atoms with Crippen LogP contribution in [0.4, 0.5) is 4.79 Å². The van der Waals surface area contributed by atoms with Gasteiger partial charge < -0.3 is 24.4 Å². The largest absolute Gasteiger partial charge is 0.460 e. The minimum Gasteiger partial charge on any atom is -0.460 e. The highest BCUT2D eigenvalue weighted by Crippen LogP contribution is 2.49. The fourth-order valence-corrected chi connectivity index (χ4v) is 5.55. The predicted octanol–water partition coefficient (Wildman–Crippen LogP) is 3.70. The van der Waals surface area contributed by atoms with Crippen molar-refractivity contribution in [2.45, 2.75) is 58.1 Å². The molecule has 4 rings (SSSR count). The summed E-state index contributed by atoms with van der Waals surface area (Å²) in [4.78, 5) is 40.2. The molecule has 196 valence electrons.